The van der Waals surface area contributed by atoms with E-state index < -0.39 is 0 Å². The van der Waals surface area contributed by atoms with Crippen LogP contribution < -0.4 is 15.4 Å². The van der Waals surface area contributed by atoms with Gasteiger partial charge < -0.3 is 15.4 Å². The second-order valence-corrected chi connectivity index (χ2v) is 7.93. The van der Waals surface area contributed by atoms with Gasteiger partial charge in [0, 0.05) is 21.7 Å². The average Bonchev–Trinajstić information content (AvgIpc) is 2.77. The molecule has 0 spiro atoms. The Morgan fingerprint density at radius 2 is 1.81 bits per heavy atom. The number of anilines is 2. The summed E-state index contributed by atoms with van der Waals surface area (Å²) in [5.41, 5.74) is 2.13. The van der Waals surface area contributed by atoms with Crippen molar-refractivity contribution in [3.63, 3.8) is 0 Å². The van der Waals surface area contributed by atoms with Gasteiger partial charge in [-0.3, -0.25) is 9.59 Å². The van der Waals surface area contributed by atoms with E-state index in [9.17, 15) is 9.59 Å². The molecule has 0 unspecified atom stereocenters. The van der Waals surface area contributed by atoms with E-state index in [2.05, 4.69) is 10.6 Å². The number of benzene rings is 3. The molecular weight excluding hydrogens is 432 g/mol. The van der Waals surface area contributed by atoms with E-state index in [1.54, 1.807) is 30.3 Å². The lowest BCUT2D eigenvalue weighted by Gasteiger charge is -2.10. The Morgan fingerprint density at radius 3 is 2.58 bits per heavy atom. The zero-order valence-corrected chi connectivity index (χ0v) is 18.4. The normalized spacial score (nSPS) is 10.6. The second-order valence-electron chi connectivity index (χ2n) is 6.44. The summed E-state index contributed by atoms with van der Waals surface area (Å²) >= 11 is 7.36. The van der Waals surface area contributed by atoms with Crippen molar-refractivity contribution >= 4 is 52.6 Å². The molecule has 0 saturated heterocycles. The smallest absolute Gasteiger partial charge is 0.248 e. The SMILES string of the molecule is COc1ccc(Cl)cc1NC(=O)CSc1cccc(NC(=O)/C=C/c2ccccc2)c1. The number of methoxy groups -OCH3 is 1. The van der Waals surface area contributed by atoms with Crippen molar-refractivity contribution in [2.75, 3.05) is 23.5 Å². The first-order chi connectivity index (χ1) is 15.0. The molecule has 0 aliphatic rings. The fourth-order valence-corrected chi connectivity index (χ4v) is 3.62. The highest BCUT2D eigenvalue weighted by molar-refractivity contribution is 8.00. The van der Waals surface area contributed by atoms with E-state index in [-0.39, 0.29) is 17.6 Å². The fraction of sp³-hybridized carbons (Fsp3) is 0.0833. The average molecular weight is 453 g/mol. The van der Waals surface area contributed by atoms with Crippen LogP contribution in [0.2, 0.25) is 5.02 Å². The van der Waals surface area contributed by atoms with E-state index >= 15 is 0 Å². The number of thioether (sulfide) groups is 1. The molecule has 0 heterocycles. The monoisotopic (exact) mass is 452 g/mol. The Kier molecular flexibility index (Phi) is 8.15. The third-order valence-electron chi connectivity index (χ3n) is 4.13. The predicted octanol–water partition coefficient (Wildman–Crippen LogP) is 5.73. The first-order valence-corrected chi connectivity index (χ1v) is 10.8. The lowest BCUT2D eigenvalue weighted by atomic mass is 10.2. The van der Waals surface area contributed by atoms with E-state index in [0.29, 0.717) is 22.1 Å². The van der Waals surface area contributed by atoms with Gasteiger partial charge in [0.2, 0.25) is 11.8 Å². The molecule has 0 fully saturated rings. The molecule has 0 atom stereocenters. The van der Waals surface area contributed by atoms with Crippen LogP contribution in [0.3, 0.4) is 0 Å². The molecule has 0 bridgehead atoms. The number of nitrogens with one attached hydrogen (secondary N) is 2. The standard InChI is InChI=1S/C24H21ClN2O3S/c1-30-22-12-11-18(25)14-21(22)27-24(29)16-31-20-9-5-8-19(15-20)26-23(28)13-10-17-6-3-2-4-7-17/h2-15H,16H2,1H3,(H,26,28)(H,27,29)/b13-10+. The van der Waals surface area contributed by atoms with Crippen molar-refractivity contribution in [1.82, 2.24) is 0 Å². The summed E-state index contributed by atoms with van der Waals surface area (Å²) in [5.74, 6) is 0.319. The first-order valence-electron chi connectivity index (χ1n) is 9.44. The van der Waals surface area contributed by atoms with Crippen molar-refractivity contribution in [3.05, 3.63) is 89.5 Å². The van der Waals surface area contributed by atoms with Gasteiger partial charge in [0.15, 0.2) is 0 Å². The Hall–Kier alpha value is -3.22. The summed E-state index contributed by atoms with van der Waals surface area (Å²) in [4.78, 5) is 25.4. The topological polar surface area (TPSA) is 67.4 Å². The maximum atomic E-state index is 12.3. The van der Waals surface area contributed by atoms with Crippen molar-refractivity contribution < 1.29 is 14.3 Å². The molecule has 7 heteroatoms. The van der Waals surface area contributed by atoms with Crippen LogP contribution in [0, 0.1) is 0 Å². The van der Waals surface area contributed by atoms with Gasteiger partial charge in [0.05, 0.1) is 18.6 Å². The number of carbonyl (C=O) groups is 2. The van der Waals surface area contributed by atoms with Crippen LogP contribution in [0.5, 0.6) is 5.75 Å². The summed E-state index contributed by atoms with van der Waals surface area (Å²) in [6.07, 6.45) is 3.24. The van der Waals surface area contributed by atoms with E-state index in [0.717, 1.165) is 10.5 Å². The Bertz CT molecular complexity index is 1090. The van der Waals surface area contributed by atoms with Gasteiger partial charge in [-0.1, -0.05) is 48.0 Å². The highest BCUT2D eigenvalue weighted by Gasteiger charge is 2.09. The third-order valence-corrected chi connectivity index (χ3v) is 5.36. The van der Waals surface area contributed by atoms with Gasteiger partial charge in [-0.15, -0.1) is 11.8 Å². The lowest BCUT2D eigenvalue weighted by molar-refractivity contribution is -0.114. The molecule has 0 saturated carbocycles. The number of amides is 2. The third kappa shape index (κ3) is 7.20. The minimum atomic E-state index is -0.225. The number of hydrogen-bond acceptors (Lipinski definition) is 4. The molecule has 0 aromatic heterocycles. The van der Waals surface area contributed by atoms with Crippen LogP contribution >= 0.6 is 23.4 Å². The van der Waals surface area contributed by atoms with Gasteiger partial charge in [-0.05, 0) is 48.0 Å². The molecule has 0 radical (unpaired) electrons. The molecule has 5 nitrogen and oxygen atoms in total. The number of carbonyl (C=O) groups excluding carboxylic acids is 2. The molecule has 31 heavy (non-hydrogen) atoms. The van der Waals surface area contributed by atoms with Crippen LogP contribution in [0.4, 0.5) is 11.4 Å². The second kappa shape index (κ2) is 11.2. The molecule has 158 valence electrons. The van der Waals surface area contributed by atoms with Crippen LogP contribution in [-0.4, -0.2) is 24.7 Å². The Morgan fingerprint density at radius 1 is 1.00 bits per heavy atom. The zero-order chi connectivity index (χ0) is 22.1. The molecule has 3 rings (SSSR count). The van der Waals surface area contributed by atoms with Crippen LogP contribution in [0.1, 0.15) is 5.56 Å². The van der Waals surface area contributed by atoms with Gasteiger partial charge in [0.1, 0.15) is 5.75 Å². The number of ether oxygens (including phenoxy) is 1. The minimum absolute atomic E-state index is 0.189. The highest BCUT2D eigenvalue weighted by Crippen LogP contribution is 2.28. The predicted molar refractivity (Wildman–Crippen MR) is 128 cm³/mol. The molecule has 2 N–H and O–H groups in total. The van der Waals surface area contributed by atoms with Crippen molar-refractivity contribution in [3.8, 4) is 5.75 Å². The molecule has 3 aromatic carbocycles. The van der Waals surface area contributed by atoms with Gasteiger partial charge >= 0.3 is 0 Å². The number of hydrogen-bond donors (Lipinski definition) is 2. The van der Waals surface area contributed by atoms with E-state index in [1.807, 2.05) is 48.5 Å². The first kappa shape index (κ1) is 22.5. The molecule has 0 aliphatic carbocycles. The fourth-order valence-electron chi connectivity index (χ4n) is 2.70. The summed E-state index contributed by atoms with van der Waals surface area (Å²) in [7, 11) is 1.53. The van der Waals surface area contributed by atoms with Gasteiger partial charge in [-0.25, -0.2) is 0 Å². The van der Waals surface area contributed by atoms with Gasteiger partial charge in [-0.2, -0.15) is 0 Å². The van der Waals surface area contributed by atoms with Crippen LogP contribution in [-0.2, 0) is 9.59 Å². The molecule has 0 aliphatic heterocycles. The van der Waals surface area contributed by atoms with E-state index in [1.165, 1.54) is 24.9 Å². The summed E-state index contributed by atoms with van der Waals surface area (Å²) in [6.45, 7) is 0. The van der Waals surface area contributed by atoms with Gasteiger partial charge in [0.25, 0.3) is 0 Å². The maximum absolute atomic E-state index is 12.3. The van der Waals surface area contributed by atoms with Crippen molar-refractivity contribution in [1.29, 1.82) is 0 Å². The molecule has 3 aromatic rings. The maximum Gasteiger partial charge on any atom is 0.248 e. The molecule has 2 amide bonds. The quantitative estimate of drug-likeness (QED) is 0.338. The Balaban J connectivity index is 1.54. The lowest BCUT2D eigenvalue weighted by Crippen LogP contribution is -2.14. The summed E-state index contributed by atoms with van der Waals surface area (Å²) in [6, 6.07) is 22.0. The van der Waals surface area contributed by atoms with E-state index in [4.69, 9.17) is 16.3 Å². The number of halogens is 1. The zero-order valence-electron chi connectivity index (χ0n) is 16.8. The van der Waals surface area contributed by atoms with Crippen molar-refractivity contribution in [2.45, 2.75) is 4.90 Å². The van der Waals surface area contributed by atoms with Crippen molar-refractivity contribution in [2.24, 2.45) is 0 Å². The van der Waals surface area contributed by atoms with Crippen LogP contribution in [0.25, 0.3) is 6.08 Å². The highest BCUT2D eigenvalue weighted by atomic mass is 35.5. The summed E-state index contributed by atoms with van der Waals surface area (Å²) in [5, 5.41) is 6.14. The van der Waals surface area contributed by atoms with Crippen LogP contribution in [0.15, 0.2) is 83.8 Å². The Labute approximate surface area is 190 Å². The number of rotatable bonds is 8. The minimum Gasteiger partial charge on any atom is -0.495 e. The summed E-state index contributed by atoms with van der Waals surface area (Å²) < 4.78 is 5.24. The molecular formula is C24H21ClN2O3S. The largest absolute Gasteiger partial charge is 0.495 e.